The summed E-state index contributed by atoms with van der Waals surface area (Å²) in [6, 6.07) is 2.97. The zero-order chi connectivity index (χ0) is 15.9. The molecule has 0 N–H and O–H groups in total. The Hall–Kier alpha value is -0.640. The Morgan fingerprint density at radius 2 is 1.73 bits per heavy atom. The first-order valence-electron chi connectivity index (χ1n) is 8.38. The third-order valence-electron chi connectivity index (χ3n) is 4.66. The summed E-state index contributed by atoms with van der Waals surface area (Å²) in [7, 11) is 0. The molecule has 1 aromatic carbocycles. The Morgan fingerprint density at radius 3 is 2.41 bits per heavy atom. The quantitative estimate of drug-likeness (QED) is 0.391. The van der Waals surface area contributed by atoms with Crippen LogP contribution < -0.4 is 4.74 Å². The third kappa shape index (κ3) is 4.94. The van der Waals surface area contributed by atoms with Gasteiger partial charge in [0.25, 0.3) is 0 Å². The van der Waals surface area contributed by atoms with Gasteiger partial charge in [0.05, 0.1) is 11.1 Å². The molecule has 1 aromatic rings. The second kappa shape index (κ2) is 8.85. The van der Waals surface area contributed by atoms with Gasteiger partial charge in [0.1, 0.15) is 0 Å². The molecule has 1 fully saturated rings. The van der Waals surface area contributed by atoms with Crippen molar-refractivity contribution >= 4 is 15.9 Å². The number of hydrogen-bond donors (Lipinski definition) is 0. The average molecular weight is 375 g/mol. The van der Waals surface area contributed by atoms with Crippen LogP contribution in [0.5, 0.6) is 5.75 Å². The van der Waals surface area contributed by atoms with E-state index in [1.807, 2.05) is 0 Å². The lowest BCUT2D eigenvalue weighted by Crippen LogP contribution is -2.20. The maximum atomic E-state index is 13.7. The minimum Gasteiger partial charge on any atom is -0.490 e. The van der Waals surface area contributed by atoms with Crippen molar-refractivity contribution in [2.45, 2.75) is 58.3 Å². The van der Waals surface area contributed by atoms with Crippen LogP contribution in [-0.4, -0.2) is 6.61 Å². The molecule has 1 aliphatic rings. The smallest absolute Gasteiger partial charge is 0.201 e. The molecule has 1 aliphatic carbocycles. The average Bonchev–Trinajstić information content (AvgIpc) is 2.53. The summed E-state index contributed by atoms with van der Waals surface area (Å²) < 4.78 is 32.8. The summed E-state index contributed by atoms with van der Waals surface area (Å²) in [5.41, 5.74) is 0. The highest BCUT2D eigenvalue weighted by Gasteiger charge is 2.22. The number of hydrogen-bond acceptors (Lipinski definition) is 1. The molecule has 2 rings (SSSR count). The predicted molar refractivity (Wildman–Crippen MR) is 89.1 cm³/mol. The van der Waals surface area contributed by atoms with E-state index < -0.39 is 11.6 Å². The topological polar surface area (TPSA) is 9.23 Å². The molecule has 0 bridgehead atoms. The monoisotopic (exact) mass is 374 g/mol. The van der Waals surface area contributed by atoms with Gasteiger partial charge < -0.3 is 4.74 Å². The summed E-state index contributed by atoms with van der Waals surface area (Å²) in [5, 5.41) is 0. The highest BCUT2D eigenvalue weighted by atomic mass is 79.9. The van der Waals surface area contributed by atoms with E-state index in [2.05, 4.69) is 22.9 Å². The number of rotatable bonds is 7. The zero-order valence-corrected chi connectivity index (χ0v) is 14.8. The van der Waals surface area contributed by atoms with Crippen LogP contribution in [0.2, 0.25) is 0 Å². The normalized spacial score (nSPS) is 21.8. The van der Waals surface area contributed by atoms with Crippen LogP contribution in [0.4, 0.5) is 8.78 Å². The predicted octanol–water partition coefficient (Wildman–Crippen LogP) is 6.49. The largest absolute Gasteiger partial charge is 0.490 e. The first-order valence-corrected chi connectivity index (χ1v) is 9.17. The summed E-state index contributed by atoms with van der Waals surface area (Å²) in [5.74, 6) is -0.441. The van der Waals surface area contributed by atoms with Gasteiger partial charge in [-0.1, -0.05) is 45.4 Å². The van der Waals surface area contributed by atoms with Gasteiger partial charge in [-0.25, -0.2) is 4.39 Å². The van der Waals surface area contributed by atoms with Gasteiger partial charge in [-0.3, -0.25) is 0 Å². The summed E-state index contributed by atoms with van der Waals surface area (Å²) in [4.78, 5) is 0. The number of unbranched alkanes of at least 4 members (excludes halogenated alkanes) is 2. The lowest BCUT2D eigenvalue weighted by Gasteiger charge is -2.28. The second-order valence-corrected chi connectivity index (χ2v) is 7.22. The molecule has 0 spiro atoms. The number of benzene rings is 1. The Morgan fingerprint density at radius 1 is 1.05 bits per heavy atom. The summed E-state index contributed by atoms with van der Waals surface area (Å²) in [6.45, 7) is 2.72. The van der Waals surface area contributed by atoms with Crippen LogP contribution in [0, 0.1) is 23.5 Å². The van der Waals surface area contributed by atoms with E-state index in [9.17, 15) is 8.78 Å². The lowest BCUT2D eigenvalue weighted by molar-refractivity contribution is 0.172. The van der Waals surface area contributed by atoms with Crippen molar-refractivity contribution in [2.75, 3.05) is 6.61 Å². The van der Waals surface area contributed by atoms with Crippen molar-refractivity contribution in [2.24, 2.45) is 11.8 Å². The van der Waals surface area contributed by atoms with Gasteiger partial charge in [0, 0.05) is 0 Å². The van der Waals surface area contributed by atoms with Crippen molar-refractivity contribution in [1.82, 2.24) is 0 Å². The maximum Gasteiger partial charge on any atom is 0.201 e. The van der Waals surface area contributed by atoms with E-state index in [1.165, 1.54) is 50.7 Å². The molecule has 0 atom stereocenters. The fourth-order valence-corrected chi connectivity index (χ4v) is 3.50. The molecule has 0 amide bonds. The van der Waals surface area contributed by atoms with Crippen LogP contribution in [0.25, 0.3) is 0 Å². The summed E-state index contributed by atoms with van der Waals surface area (Å²) in [6.07, 6.45) is 10.0. The Labute approximate surface area is 140 Å². The van der Waals surface area contributed by atoms with Crippen molar-refractivity contribution in [1.29, 1.82) is 0 Å². The van der Waals surface area contributed by atoms with E-state index in [0.29, 0.717) is 12.5 Å². The van der Waals surface area contributed by atoms with E-state index >= 15 is 0 Å². The van der Waals surface area contributed by atoms with Crippen molar-refractivity contribution < 1.29 is 13.5 Å². The molecule has 22 heavy (non-hydrogen) atoms. The van der Waals surface area contributed by atoms with E-state index in [0.717, 1.165) is 18.8 Å². The van der Waals surface area contributed by atoms with Gasteiger partial charge >= 0.3 is 0 Å². The standard InChI is InChI=1S/C18H25BrF2O/c1-2-3-4-5-13-6-8-14(9-7-13)12-22-16-11-10-15(19)17(20)18(16)21/h10-11,13-14H,2-9,12H2,1H3. The van der Waals surface area contributed by atoms with E-state index in [-0.39, 0.29) is 10.2 Å². The van der Waals surface area contributed by atoms with Crippen LogP contribution in [0.1, 0.15) is 58.3 Å². The number of halogens is 3. The molecule has 0 aliphatic heterocycles. The van der Waals surface area contributed by atoms with Crippen LogP contribution in [0.3, 0.4) is 0 Å². The molecule has 0 heterocycles. The minimum atomic E-state index is -0.900. The SMILES string of the molecule is CCCCCC1CCC(COc2ccc(Br)c(F)c2F)CC1. The Balaban J connectivity index is 1.74. The first-order chi connectivity index (χ1) is 10.6. The molecule has 124 valence electrons. The highest BCUT2D eigenvalue weighted by molar-refractivity contribution is 9.10. The van der Waals surface area contributed by atoms with Gasteiger partial charge in [-0.2, -0.15) is 4.39 Å². The molecule has 0 saturated heterocycles. The molecule has 0 unspecified atom stereocenters. The first kappa shape index (κ1) is 17.7. The van der Waals surface area contributed by atoms with Gasteiger partial charge in [0.15, 0.2) is 11.6 Å². The Bertz CT molecular complexity index is 470. The fraction of sp³-hybridized carbons (Fsp3) is 0.667. The Kier molecular flexibility index (Phi) is 7.13. The highest BCUT2D eigenvalue weighted by Crippen LogP contribution is 2.33. The molecule has 0 aromatic heterocycles. The molecule has 1 nitrogen and oxygen atoms in total. The van der Waals surface area contributed by atoms with Crippen LogP contribution in [0.15, 0.2) is 16.6 Å². The van der Waals surface area contributed by atoms with Gasteiger partial charge in [-0.15, -0.1) is 0 Å². The fourth-order valence-electron chi connectivity index (χ4n) is 3.20. The summed E-state index contributed by atoms with van der Waals surface area (Å²) >= 11 is 2.97. The van der Waals surface area contributed by atoms with Crippen molar-refractivity contribution in [3.8, 4) is 5.75 Å². The van der Waals surface area contributed by atoms with Crippen molar-refractivity contribution in [3.05, 3.63) is 28.2 Å². The van der Waals surface area contributed by atoms with Crippen molar-refractivity contribution in [3.63, 3.8) is 0 Å². The van der Waals surface area contributed by atoms with E-state index in [4.69, 9.17) is 4.74 Å². The molecular weight excluding hydrogens is 350 g/mol. The molecule has 4 heteroatoms. The van der Waals surface area contributed by atoms with Crippen LogP contribution >= 0.6 is 15.9 Å². The minimum absolute atomic E-state index is 0.0192. The maximum absolute atomic E-state index is 13.7. The number of ether oxygens (including phenoxy) is 1. The van der Waals surface area contributed by atoms with Crippen LogP contribution in [-0.2, 0) is 0 Å². The molecule has 0 radical (unpaired) electrons. The molecular formula is C18H25BrF2O. The second-order valence-electron chi connectivity index (χ2n) is 6.37. The lowest BCUT2D eigenvalue weighted by atomic mass is 9.80. The third-order valence-corrected chi connectivity index (χ3v) is 5.27. The van der Waals surface area contributed by atoms with Gasteiger partial charge in [-0.05, 0) is 52.7 Å². The zero-order valence-electron chi connectivity index (χ0n) is 13.2. The van der Waals surface area contributed by atoms with E-state index in [1.54, 1.807) is 0 Å². The van der Waals surface area contributed by atoms with Gasteiger partial charge in [0.2, 0.25) is 5.82 Å². The molecule has 1 saturated carbocycles.